The monoisotopic (exact) mass is 194 g/mol. The van der Waals surface area contributed by atoms with Crippen LogP contribution in [0.15, 0.2) is 11.6 Å². The lowest BCUT2D eigenvalue weighted by Gasteiger charge is -2.33. The van der Waals surface area contributed by atoms with Gasteiger partial charge in [0.15, 0.2) is 0 Å². The zero-order chi connectivity index (χ0) is 9.71. The molecule has 3 rings (SSSR count). The molecule has 3 aliphatic rings. The third kappa shape index (κ3) is 0.934. The molecule has 0 aromatic rings. The lowest BCUT2D eigenvalue weighted by molar-refractivity contribution is 0.0784. The third-order valence-electron chi connectivity index (χ3n) is 4.80. The van der Waals surface area contributed by atoms with Gasteiger partial charge in [0.05, 0.1) is 0 Å². The van der Waals surface area contributed by atoms with E-state index in [9.17, 15) is 10.2 Å². The smallest absolute Gasteiger partial charge is 0.0468 e. The minimum atomic E-state index is 0.260. The minimum absolute atomic E-state index is 0.260. The molecule has 14 heavy (non-hydrogen) atoms. The second kappa shape index (κ2) is 3.07. The van der Waals surface area contributed by atoms with Crippen molar-refractivity contribution in [1.82, 2.24) is 0 Å². The summed E-state index contributed by atoms with van der Waals surface area (Å²) in [5.74, 6) is 2.78. The molecule has 78 valence electrons. The fourth-order valence-corrected chi connectivity index (χ4v) is 4.27. The van der Waals surface area contributed by atoms with Crippen LogP contribution in [0.3, 0.4) is 0 Å². The molecule has 5 atom stereocenters. The van der Waals surface area contributed by atoms with Gasteiger partial charge in [-0.25, -0.2) is 0 Å². The predicted octanol–water partition coefficient (Wildman–Crippen LogP) is 1.19. The predicted molar refractivity (Wildman–Crippen MR) is 53.6 cm³/mol. The van der Waals surface area contributed by atoms with E-state index < -0.39 is 0 Å². The molecule has 3 aliphatic carbocycles. The second-order valence-electron chi connectivity index (χ2n) is 5.09. The summed E-state index contributed by atoms with van der Waals surface area (Å²) in [6, 6.07) is 0. The minimum Gasteiger partial charge on any atom is -0.396 e. The van der Waals surface area contributed by atoms with E-state index in [1.165, 1.54) is 19.3 Å². The van der Waals surface area contributed by atoms with Gasteiger partial charge in [0.1, 0.15) is 0 Å². The van der Waals surface area contributed by atoms with Crippen molar-refractivity contribution < 1.29 is 10.2 Å². The summed E-state index contributed by atoms with van der Waals surface area (Å²) in [6.45, 7) is 0.534. The SMILES string of the molecule is OCC1C2CC(C3CCC=C23)C1CO. The number of rotatable bonds is 2. The van der Waals surface area contributed by atoms with Gasteiger partial charge in [0.25, 0.3) is 0 Å². The van der Waals surface area contributed by atoms with Gasteiger partial charge in [-0.05, 0) is 48.9 Å². The van der Waals surface area contributed by atoms with E-state index in [0.717, 1.165) is 5.92 Å². The van der Waals surface area contributed by atoms with Gasteiger partial charge in [0.2, 0.25) is 0 Å². The Morgan fingerprint density at radius 1 is 1.14 bits per heavy atom. The van der Waals surface area contributed by atoms with Crippen molar-refractivity contribution in [1.29, 1.82) is 0 Å². The van der Waals surface area contributed by atoms with Crippen molar-refractivity contribution in [3.05, 3.63) is 11.6 Å². The van der Waals surface area contributed by atoms with Gasteiger partial charge in [-0.2, -0.15) is 0 Å². The van der Waals surface area contributed by atoms with Gasteiger partial charge in [-0.15, -0.1) is 0 Å². The van der Waals surface area contributed by atoms with Gasteiger partial charge >= 0.3 is 0 Å². The number of allylic oxidation sites excluding steroid dienone is 2. The topological polar surface area (TPSA) is 40.5 Å². The summed E-state index contributed by atoms with van der Waals surface area (Å²) in [5, 5.41) is 18.8. The molecule has 2 saturated carbocycles. The van der Waals surface area contributed by atoms with Crippen molar-refractivity contribution in [2.45, 2.75) is 19.3 Å². The highest BCUT2D eigenvalue weighted by Gasteiger charge is 2.55. The Labute approximate surface area is 84.6 Å². The lowest BCUT2D eigenvalue weighted by atomic mass is 9.73. The first-order chi connectivity index (χ1) is 6.86. The molecule has 0 aromatic heterocycles. The Kier molecular flexibility index (Phi) is 1.96. The van der Waals surface area contributed by atoms with Crippen LogP contribution in [0.2, 0.25) is 0 Å². The first-order valence-electron chi connectivity index (χ1n) is 5.78. The van der Waals surface area contributed by atoms with Gasteiger partial charge < -0.3 is 10.2 Å². The summed E-state index contributed by atoms with van der Waals surface area (Å²) in [6.07, 6.45) is 6.15. The molecule has 2 nitrogen and oxygen atoms in total. The highest BCUT2D eigenvalue weighted by molar-refractivity contribution is 5.28. The van der Waals surface area contributed by atoms with E-state index in [0.29, 0.717) is 23.7 Å². The largest absolute Gasteiger partial charge is 0.396 e. The molecule has 0 saturated heterocycles. The second-order valence-corrected chi connectivity index (χ2v) is 5.09. The first-order valence-corrected chi connectivity index (χ1v) is 5.78. The number of aliphatic hydroxyl groups excluding tert-OH is 2. The van der Waals surface area contributed by atoms with Crippen molar-refractivity contribution >= 4 is 0 Å². The first kappa shape index (κ1) is 8.93. The maximum Gasteiger partial charge on any atom is 0.0468 e. The summed E-state index contributed by atoms with van der Waals surface area (Å²) in [7, 11) is 0. The molecule has 0 spiro atoms. The average Bonchev–Trinajstić information content (AvgIpc) is 2.86. The summed E-state index contributed by atoms with van der Waals surface area (Å²) >= 11 is 0. The van der Waals surface area contributed by atoms with Gasteiger partial charge in [-0.1, -0.05) is 11.6 Å². The summed E-state index contributed by atoms with van der Waals surface area (Å²) < 4.78 is 0. The van der Waals surface area contributed by atoms with Crippen LogP contribution in [0.25, 0.3) is 0 Å². The van der Waals surface area contributed by atoms with Crippen molar-refractivity contribution in [3.8, 4) is 0 Å². The number of hydrogen-bond donors (Lipinski definition) is 2. The Hall–Kier alpha value is -0.340. The lowest BCUT2D eigenvalue weighted by Crippen LogP contribution is -2.33. The van der Waals surface area contributed by atoms with Crippen molar-refractivity contribution in [3.63, 3.8) is 0 Å². The maximum absolute atomic E-state index is 9.38. The van der Waals surface area contributed by atoms with Crippen LogP contribution < -0.4 is 0 Å². The summed E-state index contributed by atoms with van der Waals surface area (Å²) in [4.78, 5) is 0. The Bertz CT molecular complexity index is 271. The quantitative estimate of drug-likeness (QED) is 0.648. The Morgan fingerprint density at radius 3 is 2.64 bits per heavy atom. The van der Waals surface area contributed by atoms with Crippen LogP contribution >= 0.6 is 0 Å². The molecular formula is C12H18O2. The molecule has 0 aromatic carbocycles. The van der Waals surface area contributed by atoms with Crippen LogP contribution in [0.5, 0.6) is 0 Å². The van der Waals surface area contributed by atoms with Crippen LogP contribution in [0.1, 0.15) is 19.3 Å². The van der Waals surface area contributed by atoms with Crippen LogP contribution in [-0.2, 0) is 0 Å². The maximum atomic E-state index is 9.38. The standard InChI is InChI=1S/C12H18O2/c13-5-11-9-4-10(12(11)6-14)8-3-1-2-7(8)9/h2,8-14H,1,3-6H2. The van der Waals surface area contributed by atoms with E-state index in [2.05, 4.69) is 6.08 Å². The van der Waals surface area contributed by atoms with E-state index >= 15 is 0 Å². The highest BCUT2D eigenvalue weighted by Crippen LogP contribution is 2.60. The van der Waals surface area contributed by atoms with Gasteiger partial charge in [0, 0.05) is 13.2 Å². The van der Waals surface area contributed by atoms with Crippen LogP contribution in [0.4, 0.5) is 0 Å². The normalized spacial score (nSPS) is 49.6. The third-order valence-corrected chi connectivity index (χ3v) is 4.80. The molecule has 2 heteroatoms. The van der Waals surface area contributed by atoms with Crippen molar-refractivity contribution in [2.24, 2.45) is 29.6 Å². The van der Waals surface area contributed by atoms with Crippen LogP contribution in [0, 0.1) is 29.6 Å². The van der Waals surface area contributed by atoms with Gasteiger partial charge in [-0.3, -0.25) is 0 Å². The van der Waals surface area contributed by atoms with E-state index in [1.54, 1.807) is 5.57 Å². The molecule has 0 heterocycles. The van der Waals surface area contributed by atoms with Crippen molar-refractivity contribution in [2.75, 3.05) is 13.2 Å². The fraction of sp³-hybridized carbons (Fsp3) is 0.833. The van der Waals surface area contributed by atoms with E-state index in [-0.39, 0.29) is 13.2 Å². The summed E-state index contributed by atoms with van der Waals surface area (Å²) in [5.41, 5.74) is 1.62. The zero-order valence-electron chi connectivity index (χ0n) is 8.39. The Balaban J connectivity index is 1.92. The fourth-order valence-electron chi connectivity index (χ4n) is 4.27. The highest BCUT2D eigenvalue weighted by atomic mass is 16.3. The number of aliphatic hydroxyl groups is 2. The molecule has 0 amide bonds. The van der Waals surface area contributed by atoms with E-state index in [1.807, 2.05) is 0 Å². The average molecular weight is 194 g/mol. The molecular weight excluding hydrogens is 176 g/mol. The number of hydrogen-bond acceptors (Lipinski definition) is 2. The Morgan fingerprint density at radius 2 is 1.93 bits per heavy atom. The molecule has 5 unspecified atom stereocenters. The molecule has 2 N–H and O–H groups in total. The molecule has 2 fully saturated rings. The van der Waals surface area contributed by atoms with Crippen LogP contribution in [-0.4, -0.2) is 23.4 Å². The number of fused-ring (bicyclic) bond motifs is 5. The van der Waals surface area contributed by atoms with E-state index in [4.69, 9.17) is 0 Å². The molecule has 2 bridgehead atoms. The molecule has 0 radical (unpaired) electrons. The molecule has 0 aliphatic heterocycles. The zero-order valence-corrected chi connectivity index (χ0v) is 8.39.